The molecule has 0 saturated heterocycles. The second kappa shape index (κ2) is 28.1. The Balaban J connectivity index is -0.0000000983. The Labute approximate surface area is 258 Å². The first kappa shape index (κ1) is 47.7. The van der Waals surface area contributed by atoms with E-state index in [0.717, 1.165) is 0 Å². The topological polar surface area (TPSA) is 0 Å². The van der Waals surface area contributed by atoms with Gasteiger partial charge in [-0.15, -0.1) is 29.0 Å². The van der Waals surface area contributed by atoms with Crippen molar-refractivity contribution in [2.24, 2.45) is 0 Å². The molecule has 0 unspecified atom stereocenters. The third kappa shape index (κ3) is 16.1. The second-order valence-electron chi connectivity index (χ2n) is 6.67. The summed E-state index contributed by atoms with van der Waals surface area (Å²) in [4.78, 5) is 0. The average Bonchev–Trinajstić information content (AvgIpc) is 3.39. The molecule has 0 saturated carbocycles. The summed E-state index contributed by atoms with van der Waals surface area (Å²) >= 11 is 0. The van der Waals surface area contributed by atoms with Crippen LogP contribution in [-0.4, -0.2) is 28.1 Å². The summed E-state index contributed by atoms with van der Waals surface area (Å²) in [5.74, 6) is 0. The number of hydrogen-bond donors (Lipinski definition) is 0. The molecule has 192 valence electrons. The number of halogens is 2. The van der Waals surface area contributed by atoms with Gasteiger partial charge in [0.1, 0.15) is 0 Å². The zero-order chi connectivity index (χ0) is 20.2. The molecule has 0 atom stereocenters. The molecule has 0 aliphatic carbocycles. The van der Waals surface area contributed by atoms with Crippen molar-refractivity contribution in [2.45, 2.75) is 33.1 Å². The summed E-state index contributed by atoms with van der Waals surface area (Å²) in [6.07, 6.45) is 3.87. The number of unbranched alkanes of at least 4 members (excludes halogenated alkanes) is 1. The van der Waals surface area contributed by atoms with Crippen molar-refractivity contribution < 1.29 is 51.0 Å². The largest absolute Gasteiger partial charge is 1.00 e. The predicted molar refractivity (Wildman–Crippen MR) is 153 cm³/mol. The Hall–Kier alpha value is -0.486. The van der Waals surface area contributed by atoms with Crippen LogP contribution in [0.2, 0.25) is 0 Å². The maximum absolute atomic E-state index is 3.12. The van der Waals surface area contributed by atoms with Crippen LogP contribution in [0.3, 0.4) is 0 Å². The minimum atomic E-state index is 0. The molecule has 8 radical (unpaired) electrons. The van der Waals surface area contributed by atoms with E-state index in [1.54, 1.807) is 0 Å². The molecule has 0 spiro atoms. The van der Waals surface area contributed by atoms with E-state index in [-0.39, 0.29) is 80.7 Å². The monoisotopic (exact) mass is 630 g/mol. The van der Waals surface area contributed by atoms with Gasteiger partial charge in [-0.3, -0.25) is 0 Å². The second-order valence-corrected chi connectivity index (χ2v) is 9.92. The SMILES string of the molecule is CCCCc1cc[cH-]c1.Cc1ccccc1-c1cccc2[cH-]ccc12.[CH3-].[CH3-].[CH3-].[CH3-].[Cl-].[Cl-].[Si][Si][Si].[Zr]. The van der Waals surface area contributed by atoms with Gasteiger partial charge in [0, 0.05) is 54.3 Å². The van der Waals surface area contributed by atoms with E-state index in [0.29, 0.717) is 8.55 Å². The zero-order valence-corrected chi connectivity index (χ0v) is 28.9. The van der Waals surface area contributed by atoms with E-state index >= 15 is 0 Å². The summed E-state index contributed by atoms with van der Waals surface area (Å²) in [5.41, 5.74) is 5.48. The van der Waals surface area contributed by atoms with Crippen LogP contribution < -0.4 is 24.8 Å². The Bertz CT molecular complexity index is 938. The first-order valence-electron chi connectivity index (χ1n) is 9.70. The van der Waals surface area contributed by atoms with Crippen molar-refractivity contribution in [1.29, 1.82) is 0 Å². The molecule has 4 aromatic carbocycles. The quantitative estimate of drug-likeness (QED) is 0.239. The molecule has 0 fully saturated rings. The number of hydrogen-bond acceptors (Lipinski definition) is 0. The van der Waals surface area contributed by atoms with Gasteiger partial charge in [-0.1, -0.05) is 62.1 Å². The van der Waals surface area contributed by atoms with Crippen molar-refractivity contribution in [3.8, 4) is 11.1 Å². The first-order valence-corrected chi connectivity index (χ1v) is 13.7. The standard InChI is InChI=1S/C16H13.C9H13.4CH3.2ClH.Si3.Zr/c1-12-6-2-3-9-14(12)16-11-5-8-13-7-4-10-15(13)16;1-2-3-6-9-7-4-5-8-9;;;;;;;1-3-2;/h2-11H,1H3;4-5,7-8H,2-3,6H2,1H3;4*1H3;2*1H;;/q6*-1;;;;/p-2. The molecule has 0 aromatic heterocycles. The molecule has 0 aliphatic rings. The molecule has 0 heterocycles. The molecular weight excluding hydrogens is 595 g/mol. The van der Waals surface area contributed by atoms with Gasteiger partial charge in [0.2, 0.25) is 0 Å². The maximum atomic E-state index is 3.12. The molecule has 35 heavy (non-hydrogen) atoms. The molecule has 0 amide bonds. The number of aryl methyl sites for hydroxylation is 2. The van der Waals surface area contributed by atoms with Crippen LogP contribution in [0.4, 0.5) is 0 Å². The Morgan fingerprint density at radius 2 is 1.40 bits per heavy atom. The number of benzene rings is 2. The van der Waals surface area contributed by atoms with Gasteiger partial charge < -0.3 is 54.5 Å². The van der Waals surface area contributed by atoms with E-state index in [1.165, 1.54) is 52.3 Å². The summed E-state index contributed by atoms with van der Waals surface area (Å²) in [6.45, 7) is 4.39. The van der Waals surface area contributed by atoms with Crippen LogP contribution in [0.1, 0.15) is 30.9 Å². The fraction of sp³-hybridized carbons (Fsp3) is 0.172. The molecule has 0 aliphatic heterocycles. The normalized spacial score (nSPS) is 8.00. The van der Waals surface area contributed by atoms with Gasteiger partial charge in [0.15, 0.2) is 0 Å². The van der Waals surface area contributed by atoms with Crippen molar-refractivity contribution in [3.05, 3.63) is 126 Å². The summed E-state index contributed by atoms with van der Waals surface area (Å²) in [7, 11) is 6.94. The Kier molecular flexibility index (Phi) is 38.3. The van der Waals surface area contributed by atoms with E-state index in [2.05, 4.69) is 118 Å². The van der Waals surface area contributed by atoms with Gasteiger partial charge in [-0.2, -0.15) is 35.9 Å². The van der Waals surface area contributed by atoms with Gasteiger partial charge in [0.25, 0.3) is 0 Å². The molecular formula is C29H38Cl2Si3Zr-8. The summed E-state index contributed by atoms with van der Waals surface area (Å²) < 4.78 is 0. The molecule has 0 N–H and O–H groups in total. The third-order valence-electron chi connectivity index (χ3n) is 4.66. The van der Waals surface area contributed by atoms with E-state index in [1.807, 2.05) is 0 Å². The number of rotatable bonds is 4. The zero-order valence-electron chi connectivity index (χ0n) is 22.0. The Morgan fingerprint density at radius 1 is 0.800 bits per heavy atom. The molecule has 6 heteroatoms. The van der Waals surface area contributed by atoms with Gasteiger partial charge in [-0.05, 0) is 18.1 Å². The Morgan fingerprint density at radius 3 is 1.94 bits per heavy atom. The molecule has 0 nitrogen and oxygen atoms in total. The smallest absolute Gasteiger partial charge is 0 e. The van der Waals surface area contributed by atoms with Crippen LogP contribution in [0.5, 0.6) is 0 Å². The fourth-order valence-electron chi connectivity index (χ4n) is 3.23. The van der Waals surface area contributed by atoms with E-state index < -0.39 is 0 Å². The van der Waals surface area contributed by atoms with Crippen molar-refractivity contribution in [2.75, 3.05) is 0 Å². The van der Waals surface area contributed by atoms with Crippen molar-refractivity contribution in [1.82, 2.24) is 0 Å². The first-order chi connectivity index (χ1) is 13.7. The van der Waals surface area contributed by atoms with Crippen molar-refractivity contribution >= 4 is 38.8 Å². The number of fused-ring (bicyclic) bond motifs is 1. The van der Waals surface area contributed by atoms with Crippen LogP contribution in [0.25, 0.3) is 21.9 Å². The van der Waals surface area contributed by atoms with Gasteiger partial charge in [-0.25, -0.2) is 6.07 Å². The molecule has 4 rings (SSSR count). The minimum Gasteiger partial charge on any atom is -1.00 e. The van der Waals surface area contributed by atoms with Crippen LogP contribution in [-0.2, 0) is 32.6 Å². The molecule has 0 bridgehead atoms. The van der Waals surface area contributed by atoms with Gasteiger partial charge in [0.05, 0.1) is 0 Å². The van der Waals surface area contributed by atoms with E-state index in [9.17, 15) is 0 Å². The predicted octanol–water partition coefficient (Wildman–Crippen LogP) is 1.95. The maximum Gasteiger partial charge on any atom is 0 e. The third-order valence-corrected chi connectivity index (χ3v) is 4.66. The van der Waals surface area contributed by atoms with Crippen molar-refractivity contribution in [3.63, 3.8) is 0 Å². The van der Waals surface area contributed by atoms with Crippen LogP contribution in [0.15, 0.2) is 84.9 Å². The molecule has 4 aromatic rings. The average molecular weight is 633 g/mol. The van der Waals surface area contributed by atoms with Gasteiger partial charge >= 0.3 is 0 Å². The summed E-state index contributed by atoms with van der Waals surface area (Å²) in [6, 6.07) is 30.1. The van der Waals surface area contributed by atoms with Crippen LogP contribution in [0, 0.1) is 36.6 Å². The van der Waals surface area contributed by atoms with Crippen LogP contribution >= 0.6 is 0 Å². The summed E-state index contributed by atoms with van der Waals surface area (Å²) in [5, 5.41) is 2.66. The fourth-order valence-corrected chi connectivity index (χ4v) is 3.23. The van der Waals surface area contributed by atoms with E-state index in [4.69, 9.17) is 0 Å². The minimum absolute atomic E-state index is 0.